The maximum absolute atomic E-state index is 12.2. The summed E-state index contributed by atoms with van der Waals surface area (Å²) in [6.45, 7) is 1.86. The number of rotatable bonds is 8. The highest BCUT2D eigenvalue weighted by molar-refractivity contribution is 7.90. The quantitative estimate of drug-likeness (QED) is 0.748. The Balaban J connectivity index is 1.93. The molecule has 7 heteroatoms. The predicted molar refractivity (Wildman–Crippen MR) is 104 cm³/mol. The zero-order chi connectivity index (χ0) is 20.0. The Morgan fingerprint density at radius 3 is 2.22 bits per heavy atom. The zero-order valence-electron chi connectivity index (χ0n) is 16.0. The van der Waals surface area contributed by atoms with Crippen molar-refractivity contribution in [1.29, 1.82) is 0 Å². The average Bonchev–Trinajstić information content (AvgIpc) is 2.65. The van der Waals surface area contributed by atoms with Gasteiger partial charge >= 0.3 is 0 Å². The Morgan fingerprint density at radius 2 is 1.67 bits per heavy atom. The van der Waals surface area contributed by atoms with Crippen molar-refractivity contribution in [3.63, 3.8) is 0 Å². The third-order valence-electron chi connectivity index (χ3n) is 4.27. The number of carbonyl (C=O) groups is 1. The van der Waals surface area contributed by atoms with Crippen molar-refractivity contribution in [3.05, 3.63) is 53.6 Å². The highest BCUT2D eigenvalue weighted by Crippen LogP contribution is 2.28. The largest absolute Gasteiger partial charge is 0.493 e. The average molecular weight is 391 g/mol. The molecule has 1 amide bonds. The van der Waals surface area contributed by atoms with Crippen LogP contribution in [-0.4, -0.2) is 34.8 Å². The van der Waals surface area contributed by atoms with E-state index in [1.807, 2.05) is 25.1 Å². The van der Waals surface area contributed by atoms with Gasteiger partial charge in [0.25, 0.3) is 0 Å². The molecule has 0 spiro atoms. The first kappa shape index (κ1) is 20.8. The van der Waals surface area contributed by atoms with Crippen LogP contribution in [0.4, 0.5) is 0 Å². The molecule has 0 aromatic heterocycles. The van der Waals surface area contributed by atoms with Gasteiger partial charge in [0.1, 0.15) is 0 Å². The van der Waals surface area contributed by atoms with Crippen LogP contribution in [0.1, 0.15) is 30.5 Å². The molecule has 0 aliphatic carbocycles. The molecule has 1 atom stereocenters. The Hall–Kier alpha value is -2.54. The number of hydrogen-bond donors (Lipinski definition) is 1. The minimum Gasteiger partial charge on any atom is -0.493 e. The lowest BCUT2D eigenvalue weighted by Gasteiger charge is -2.15. The minimum absolute atomic E-state index is 0.0792. The van der Waals surface area contributed by atoms with Crippen LogP contribution >= 0.6 is 0 Å². The molecule has 0 fully saturated rings. The van der Waals surface area contributed by atoms with E-state index in [0.29, 0.717) is 24.3 Å². The first-order valence-corrected chi connectivity index (χ1v) is 10.4. The number of benzene rings is 2. The summed E-state index contributed by atoms with van der Waals surface area (Å²) in [7, 11) is -0.0723. The molecule has 27 heavy (non-hydrogen) atoms. The summed E-state index contributed by atoms with van der Waals surface area (Å²) in [5.41, 5.74) is 1.83. The topological polar surface area (TPSA) is 81.7 Å². The fraction of sp³-hybridized carbons (Fsp3) is 0.350. The first-order chi connectivity index (χ1) is 12.7. The van der Waals surface area contributed by atoms with E-state index >= 15 is 0 Å². The van der Waals surface area contributed by atoms with Crippen LogP contribution in [0.5, 0.6) is 11.5 Å². The molecular formula is C20H25NO5S. The third-order valence-corrected chi connectivity index (χ3v) is 5.40. The second-order valence-electron chi connectivity index (χ2n) is 6.32. The van der Waals surface area contributed by atoms with Crippen LogP contribution in [0.3, 0.4) is 0 Å². The Bertz CT molecular complexity index is 891. The second kappa shape index (κ2) is 8.90. The smallest absolute Gasteiger partial charge is 0.220 e. The van der Waals surface area contributed by atoms with E-state index in [9.17, 15) is 13.2 Å². The van der Waals surface area contributed by atoms with Gasteiger partial charge in [0.05, 0.1) is 25.2 Å². The van der Waals surface area contributed by atoms with Crippen LogP contribution < -0.4 is 14.8 Å². The van der Waals surface area contributed by atoms with Crippen LogP contribution in [0, 0.1) is 0 Å². The summed E-state index contributed by atoms with van der Waals surface area (Å²) in [5, 5.41) is 2.93. The number of nitrogens with one attached hydrogen (secondary N) is 1. The van der Waals surface area contributed by atoms with E-state index in [4.69, 9.17) is 9.47 Å². The Labute approximate surface area is 160 Å². The van der Waals surface area contributed by atoms with Gasteiger partial charge in [-0.3, -0.25) is 4.79 Å². The molecule has 0 unspecified atom stereocenters. The van der Waals surface area contributed by atoms with Crippen LogP contribution in [-0.2, 0) is 21.1 Å². The molecule has 2 rings (SSSR count). The van der Waals surface area contributed by atoms with E-state index in [1.165, 1.54) is 6.26 Å². The number of carbonyl (C=O) groups excluding carboxylic acids is 1. The standard InChI is InChI=1S/C20H25NO5S/c1-14(16-7-9-17(10-8-16)27(4,23)24)21-20(22)12-6-15-5-11-18(25-2)19(13-15)26-3/h5,7-11,13-14H,6,12H2,1-4H3,(H,21,22)/t14-/m0/s1. The van der Waals surface area contributed by atoms with Gasteiger partial charge in [0.15, 0.2) is 21.3 Å². The van der Waals surface area contributed by atoms with E-state index in [1.54, 1.807) is 38.5 Å². The first-order valence-electron chi connectivity index (χ1n) is 8.55. The Morgan fingerprint density at radius 1 is 1.04 bits per heavy atom. The number of methoxy groups -OCH3 is 2. The molecule has 0 saturated carbocycles. The molecular weight excluding hydrogens is 366 g/mol. The highest BCUT2D eigenvalue weighted by atomic mass is 32.2. The number of sulfone groups is 1. The van der Waals surface area contributed by atoms with Crippen LogP contribution in [0.2, 0.25) is 0 Å². The second-order valence-corrected chi connectivity index (χ2v) is 8.34. The summed E-state index contributed by atoms with van der Waals surface area (Å²) in [5.74, 6) is 1.20. The number of amides is 1. The lowest BCUT2D eigenvalue weighted by molar-refractivity contribution is -0.121. The van der Waals surface area contributed by atoms with Gasteiger partial charge in [-0.25, -0.2) is 8.42 Å². The molecule has 0 aliphatic heterocycles. The van der Waals surface area contributed by atoms with E-state index in [2.05, 4.69) is 5.32 Å². The normalized spacial score (nSPS) is 12.3. The van der Waals surface area contributed by atoms with Crippen molar-refractivity contribution in [2.24, 2.45) is 0 Å². The molecule has 0 saturated heterocycles. The van der Waals surface area contributed by atoms with Gasteiger partial charge in [0.2, 0.25) is 5.91 Å². The van der Waals surface area contributed by atoms with Gasteiger partial charge in [-0.1, -0.05) is 18.2 Å². The zero-order valence-corrected chi connectivity index (χ0v) is 16.8. The van der Waals surface area contributed by atoms with Crippen molar-refractivity contribution < 1.29 is 22.7 Å². The Kier molecular flexibility index (Phi) is 6.85. The molecule has 0 radical (unpaired) electrons. The van der Waals surface area contributed by atoms with Crippen molar-refractivity contribution in [2.75, 3.05) is 20.5 Å². The third kappa shape index (κ3) is 5.72. The summed E-state index contributed by atoms with van der Waals surface area (Å²) < 4.78 is 33.5. The minimum atomic E-state index is -3.22. The number of aryl methyl sites for hydroxylation is 1. The summed E-state index contributed by atoms with van der Waals surface area (Å²) in [4.78, 5) is 12.5. The maximum atomic E-state index is 12.2. The van der Waals surface area contributed by atoms with E-state index in [-0.39, 0.29) is 16.8 Å². The molecule has 2 aromatic rings. The van der Waals surface area contributed by atoms with E-state index < -0.39 is 9.84 Å². The number of hydrogen-bond acceptors (Lipinski definition) is 5. The fourth-order valence-electron chi connectivity index (χ4n) is 2.69. The lowest BCUT2D eigenvalue weighted by atomic mass is 10.1. The molecule has 0 heterocycles. The summed E-state index contributed by atoms with van der Waals surface area (Å²) >= 11 is 0. The van der Waals surface area contributed by atoms with Crippen molar-refractivity contribution in [1.82, 2.24) is 5.32 Å². The van der Waals surface area contributed by atoms with Crippen LogP contribution in [0.25, 0.3) is 0 Å². The summed E-state index contributed by atoms with van der Waals surface area (Å²) in [6.07, 6.45) is 2.08. The van der Waals surface area contributed by atoms with Gasteiger partial charge in [-0.05, 0) is 48.7 Å². The molecule has 2 aromatic carbocycles. The predicted octanol–water partition coefficient (Wildman–Crippen LogP) is 2.92. The SMILES string of the molecule is COc1ccc(CCC(=O)N[C@@H](C)c2ccc(S(C)(=O)=O)cc2)cc1OC. The van der Waals surface area contributed by atoms with Crippen LogP contribution in [0.15, 0.2) is 47.4 Å². The fourth-order valence-corrected chi connectivity index (χ4v) is 3.33. The van der Waals surface area contributed by atoms with Gasteiger partial charge in [-0.15, -0.1) is 0 Å². The van der Waals surface area contributed by atoms with Crippen molar-refractivity contribution >= 4 is 15.7 Å². The molecule has 6 nitrogen and oxygen atoms in total. The molecule has 1 N–H and O–H groups in total. The number of ether oxygens (including phenoxy) is 2. The van der Waals surface area contributed by atoms with E-state index in [0.717, 1.165) is 11.1 Å². The van der Waals surface area contributed by atoms with Gasteiger partial charge in [0, 0.05) is 12.7 Å². The van der Waals surface area contributed by atoms with Crippen molar-refractivity contribution in [3.8, 4) is 11.5 Å². The monoisotopic (exact) mass is 391 g/mol. The maximum Gasteiger partial charge on any atom is 0.220 e. The molecule has 0 bridgehead atoms. The van der Waals surface area contributed by atoms with Crippen molar-refractivity contribution in [2.45, 2.75) is 30.7 Å². The van der Waals surface area contributed by atoms with Gasteiger partial charge < -0.3 is 14.8 Å². The highest BCUT2D eigenvalue weighted by Gasteiger charge is 2.12. The summed E-state index contributed by atoms with van der Waals surface area (Å²) in [6, 6.07) is 11.9. The molecule has 0 aliphatic rings. The molecule has 146 valence electrons. The van der Waals surface area contributed by atoms with Gasteiger partial charge in [-0.2, -0.15) is 0 Å². The lowest BCUT2D eigenvalue weighted by Crippen LogP contribution is -2.26.